The number of hydrogen-bond donors (Lipinski definition) is 1. The van der Waals surface area contributed by atoms with Crippen LogP contribution < -0.4 is 5.32 Å². The van der Waals surface area contributed by atoms with Crippen molar-refractivity contribution in [1.82, 2.24) is 14.5 Å². The molecule has 0 atom stereocenters. The number of aromatic nitrogens is 2. The lowest BCUT2D eigenvalue weighted by atomic mass is 9.97. The summed E-state index contributed by atoms with van der Waals surface area (Å²) in [5.41, 5.74) is -1.19. The standard InChI is InChI=1S/C18H21F3N4O3S2/c1-2-5-15-23-24-17(29-15)22-16(26)12-8-10-25(11-9-12)30(27,28)14-7-4-3-6-13(14)18(19,20)21/h3-4,6-7,12H,2,5,8-11H2,1H3,(H,22,24,26). The van der Waals surface area contributed by atoms with Gasteiger partial charge < -0.3 is 5.32 Å². The molecule has 0 aliphatic carbocycles. The smallest absolute Gasteiger partial charge is 0.300 e. The van der Waals surface area contributed by atoms with Crippen molar-refractivity contribution in [3.8, 4) is 0 Å². The van der Waals surface area contributed by atoms with Crippen LogP contribution in [-0.2, 0) is 27.4 Å². The van der Waals surface area contributed by atoms with Crippen molar-refractivity contribution >= 4 is 32.4 Å². The first-order valence-corrected chi connectivity index (χ1v) is 11.7. The highest BCUT2D eigenvalue weighted by Crippen LogP contribution is 2.36. The molecule has 7 nitrogen and oxygen atoms in total. The van der Waals surface area contributed by atoms with E-state index in [0.29, 0.717) is 5.13 Å². The second-order valence-corrected chi connectivity index (χ2v) is 9.88. The maximum absolute atomic E-state index is 13.2. The summed E-state index contributed by atoms with van der Waals surface area (Å²) < 4.78 is 66.3. The van der Waals surface area contributed by atoms with Gasteiger partial charge in [-0.25, -0.2) is 8.42 Å². The Kier molecular flexibility index (Phi) is 6.78. The van der Waals surface area contributed by atoms with Crippen molar-refractivity contribution in [3.05, 3.63) is 34.8 Å². The zero-order valence-corrected chi connectivity index (χ0v) is 17.8. The zero-order valence-electron chi connectivity index (χ0n) is 16.1. The van der Waals surface area contributed by atoms with E-state index in [1.807, 2.05) is 6.92 Å². The van der Waals surface area contributed by atoms with Crippen molar-refractivity contribution in [3.63, 3.8) is 0 Å². The molecule has 2 aromatic rings. The van der Waals surface area contributed by atoms with Crippen LogP contribution in [0, 0.1) is 5.92 Å². The van der Waals surface area contributed by atoms with Gasteiger partial charge in [-0.1, -0.05) is 30.4 Å². The van der Waals surface area contributed by atoms with Crippen LogP contribution >= 0.6 is 11.3 Å². The summed E-state index contributed by atoms with van der Waals surface area (Å²) in [6.45, 7) is 1.93. The van der Waals surface area contributed by atoms with Gasteiger partial charge in [0.2, 0.25) is 21.1 Å². The highest BCUT2D eigenvalue weighted by Gasteiger charge is 2.40. The largest absolute Gasteiger partial charge is 0.417 e. The molecular weight excluding hydrogens is 441 g/mol. The van der Waals surface area contributed by atoms with Crippen LogP contribution in [0.25, 0.3) is 0 Å². The van der Waals surface area contributed by atoms with Crippen molar-refractivity contribution < 1.29 is 26.4 Å². The number of nitrogens with zero attached hydrogens (tertiary/aromatic N) is 3. The van der Waals surface area contributed by atoms with Crippen molar-refractivity contribution in [1.29, 1.82) is 0 Å². The molecule has 164 valence electrons. The van der Waals surface area contributed by atoms with Gasteiger partial charge >= 0.3 is 6.18 Å². The molecule has 12 heteroatoms. The van der Waals surface area contributed by atoms with E-state index in [2.05, 4.69) is 15.5 Å². The molecule has 0 saturated carbocycles. The number of anilines is 1. The van der Waals surface area contributed by atoms with Crippen molar-refractivity contribution in [2.75, 3.05) is 18.4 Å². The summed E-state index contributed by atoms with van der Waals surface area (Å²) in [6, 6.07) is 4.12. The molecule has 1 fully saturated rings. The van der Waals surface area contributed by atoms with Gasteiger partial charge in [0.05, 0.1) is 10.5 Å². The Bertz CT molecular complexity index is 1000. The van der Waals surface area contributed by atoms with Crippen LogP contribution in [0.5, 0.6) is 0 Å². The van der Waals surface area contributed by atoms with Crippen LogP contribution in [0.15, 0.2) is 29.2 Å². The molecule has 1 saturated heterocycles. The summed E-state index contributed by atoms with van der Waals surface area (Å²) >= 11 is 1.29. The highest BCUT2D eigenvalue weighted by molar-refractivity contribution is 7.89. The first-order chi connectivity index (χ1) is 14.1. The number of carbonyl (C=O) groups is 1. The molecule has 1 aromatic heterocycles. The van der Waals surface area contributed by atoms with E-state index in [1.54, 1.807) is 0 Å². The van der Waals surface area contributed by atoms with Crippen molar-refractivity contribution in [2.45, 2.75) is 43.7 Å². The number of piperidine rings is 1. The predicted octanol–water partition coefficient (Wildman–Crippen LogP) is 3.55. The van der Waals surface area contributed by atoms with Crippen LogP contribution in [0.1, 0.15) is 36.8 Å². The van der Waals surface area contributed by atoms with E-state index in [-0.39, 0.29) is 31.8 Å². The number of aryl methyl sites for hydroxylation is 1. The van der Waals surface area contributed by atoms with E-state index >= 15 is 0 Å². The zero-order chi connectivity index (χ0) is 21.9. The van der Waals surface area contributed by atoms with Gasteiger partial charge in [-0.2, -0.15) is 17.5 Å². The molecule has 3 rings (SSSR count). The third-order valence-corrected chi connectivity index (χ3v) is 7.65. The van der Waals surface area contributed by atoms with Gasteiger partial charge in [0.15, 0.2) is 0 Å². The van der Waals surface area contributed by atoms with E-state index in [9.17, 15) is 26.4 Å². The lowest BCUT2D eigenvalue weighted by molar-refractivity contribution is -0.139. The summed E-state index contributed by atoms with van der Waals surface area (Å²) in [7, 11) is -4.33. The monoisotopic (exact) mass is 462 g/mol. The van der Waals surface area contributed by atoms with Gasteiger partial charge in [0.1, 0.15) is 5.01 Å². The number of benzene rings is 1. The number of rotatable bonds is 6. The Balaban J connectivity index is 1.65. The molecule has 0 spiro atoms. The van der Waals surface area contributed by atoms with E-state index in [1.165, 1.54) is 17.4 Å². The molecule has 2 heterocycles. The Morgan fingerprint density at radius 2 is 1.90 bits per heavy atom. The normalized spacial score (nSPS) is 16.5. The molecule has 1 aliphatic heterocycles. The van der Waals surface area contributed by atoms with E-state index in [0.717, 1.165) is 40.4 Å². The average molecular weight is 463 g/mol. The lowest BCUT2D eigenvalue weighted by Gasteiger charge is -2.31. The minimum Gasteiger partial charge on any atom is -0.300 e. The van der Waals surface area contributed by atoms with Gasteiger partial charge in [0.25, 0.3) is 0 Å². The van der Waals surface area contributed by atoms with Gasteiger partial charge in [-0.3, -0.25) is 4.79 Å². The molecule has 1 aromatic carbocycles. The minimum atomic E-state index is -4.78. The molecule has 1 aliphatic rings. The number of hydrogen-bond acceptors (Lipinski definition) is 6. The maximum atomic E-state index is 13.2. The molecule has 1 N–H and O–H groups in total. The molecule has 0 unspecified atom stereocenters. The Morgan fingerprint density at radius 1 is 1.23 bits per heavy atom. The summed E-state index contributed by atoms with van der Waals surface area (Å²) in [5.74, 6) is -0.741. The number of halogens is 3. The van der Waals surface area contributed by atoms with Gasteiger partial charge in [-0.05, 0) is 31.4 Å². The van der Waals surface area contributed by atoms with Crippen LogP contribution in [0.4, 0.5) is 18.3 Å². The molecule has 1 amide bonds. The van der Waals surface area contributed by atoms with Crippen LogP contribution in [-0.4, -0.2) is 41.9 Å². The first kappa shape index (κ1) is 22.6. The molecule has 0 radical (unpaired) electrons. The fraction of sp³-hybridized carbons (Fsp3) is 0.500. The first-order valence-electron chi connectivity index (χ1n) is 9.42. The van der Waals surface area contributed by atoms with Gasteiger partial charge in [-0.15, -0.1) is 10.2 Å². The molecular formula is C18H21F3N4O3S2. The second-order valence-electron chi connectivity index (χ2n) is 6.91. The number of sulfonamides is 1. The Morgan fingerprint density at radius 3 is 2.53 bits per heavy atom. The SMILES string of the molecule is CCCc1nnc(NC(=O)C2CCN(S(=O)(=O)c3ccccc3C(F)(F)F)CC2)s1. The van der Waals surface area contributed by atoms with Crippen LogP contribution in [0.3, 0.4) is 0 Å². The highest BCUT2D eigenvalue weighted by atomic mass is 32.2. The second kappa shape index (κ2) is 8.98. The Hall–Kier alpha value is -2.05. The summed E-state index contributed by atoms with van der Waals surface area (Å²) in [6.07, 6.45) is -2.68. The predicted molar refractivity (Wildman–Crippen MR) is 105 cm³/mol. The molecule has 30 heavy (non-hydrogen) atoms. The summed E-state index contributed by atoms with van der Waals surface area (Å²) in [5, 5.41) is 11.8. The Labute approximate surface area is 176 Å². The average Bonchev–Trinajstić information content (AvgIpc) is 3.14. The summed E-state index contributed by atoms with van der Waals surface area (Å²) in [4.78, 5) is 11.7. The van der Waals surface area contributed by atoms with Crippen molar-refractivity contribution in [2.24, 2.45) is 5.92 Å². The van der Waals surface area contributed by atoms with E-state index < -0.39 is 32.6 Å². The fourth-order valence-electron chi connectivity index (χ4n) is 3.25. The molecule has 0 bridgehead atoms. The fourth-order valence-corrected chi connectivity index (χ4v) is 5.78. The number of alkyl halides is 3. The third kappa shape index (κ3) is 4.98. The van der Waals surface area contributed by atoms with Gasteiger partial charge in [0, 0.05) is 25.4 Å². The number of carbonyl (C=O) groups excluding carboxylic acids is 1. The third-order valence-electron chi connectivity index (χ3n) is 4.80. The maximum Gasteiger partial charge on any atom is 0.417 e. The minimum absolute atomic E-state index is 0.0379. The quantitative estimate of drug-likeness (QED) is 0.709. The van der Waals surface area contributed by atoms with E-state index in [4.69, 9.17) is 0 Å². The number of nitrogens with one attached hydrogen (secondary N) is 1. The van der Waals surface area contributed by atoms with Crippen LogP contribution in [0.2, 0.25) is 0 Å². The lowest BCUT2D eigenvalue weighted by Crippen LogP contribution is -2.41. The number of amides is 1. The topological polar surface area (TPSA) is 92.3 Å².